The number of hydrogen-bond donors (Lipinski definition) is 1. The van der Waals surface area contributed by atoms with Gasteiger partial charge in [0.1, 0.15) is 5.69 Å². The zero-order valence-corrected chi connectivity index (χ0v) is 8.70. The van der Waals surface area contributed by atoms with Crippen LogP contribution in [0.1, 0.15) is 36.5 Å². The number of carbonyl (C=O) groups is 1. The number of amides is 1. The van der Waals surface area contributed by atoms with Gasteiger partial charge in [0.25, 0.3) is 5.91 Å². The molecule has 14 heavy (non-hydrogen) atoms. The van der Waals surface area contributed by atoms with Gasteiger partial charge in [0.05, 0.1) is 0 Å². The van der Waals surface area contributed by atoms with Crippen LogP contribution in [0, 0.1) is 12.8 Å². The quantitative estimate of drug-likeness (QED) is 0.786. The normalized spacial score (nSPS) is 10.6. The fraction of sp³-hybridized carbons (Fsp3) is 0.667. The Morgan fingerprint density at radius 1 is 1.50 bits per heavy atom. The van der Waals surface area contributed by atoms with Crippen LogP contribution >= 0.6 is 0 Å². The van der Waals surface area contributed by atoms with E-state index in [1.54, 1.807) is 6.92 Å². The topological polar surface area (TPSA) is 68.0 Å². The van der Waals surface area contributed by atoms with E-state index in [0.29, 0.717) is 18.2 Å². The van der Waals surface area contributed by atoms with Gasteiger partial charge in [0, 0.05) is 6.54 Å². The van der Waals surface area contributed by atoms with Gasteiger partial charge in [-0.2, -0.15) is 0 Å². The van der Waals surface area contributed by atoms with E-state index >= 15 is 0 Å². The number of hydrogen-bond acceptors (Lipinski definition) is 4. The van der Waals surface area contributed by atoms with E-state index in [-0.39, 0.29) is 11.6 Å². The first-order valence-corrected chi connectivity index (χ1v) is 4.68. The minimum atomic E-state index is -0.218. The van der Waals surface area contributed by atoms with Crippen LogP contribution in [0.2, 0.25) is 0 Å². The van der Waals surface area contributed by atoms with Crippen LogP contribution in [0.4, 0.5) is 0 Å². The Kier molecular flexibility index (Phi) is 3.62. The Morgan fingerprint density at radius 3 is 2.71 bits per heavy atom. The van der Waals surface area contributed by atoms with Crippen LogP contribution in [-0.2, 0) is 0 Å². The summed E-state index contributed by atoms with van der Waals surface area (Å²) < 4.78 is 4.43. The predicted octanol–water partition coefficient (Wildman–Crippen LogP) is 1.15. The number of aryl methyl sites for hydroxylation is 1. The number of rotatable bonds is 4. The van der Waals surface area contributed by atoms with E-state index in [1.807, 2.05) is 0 Å². The molecule has 0 saturated heterocycles. The molecule has 0 aliphatic heterocycles. The molecule has 1 aromatic heterocycles. The molecule has 1 amide bonds. The number of nitrogens with one attached hydrogen (secondary N) is 1. The average Bonchev–Trinajstić information content (AvgIpc) is 2.50. The summed E-state index contributed by atoms with van der Waals surface area (Å²) in [7, 11) is 0. The Balaban J connectivity index is 2.40. The first-order chi connectivity index (χ1) is 6.61. The second-order valence-corrected chi connectivity index (χ2v) is 3.64. The van der Waals surface area contributed by atoms with Gasteiger partial charge >= 0.3 is 0 Å². The van der Waals surface area contributed by atoms with Crippen LogP contribution in [0.15, 0.2) is 4.63 Å². The van der Waals surface area contributed by atoms with Crippen molar-refractivity contribution in [2.75, 3.05) is 6.54 Å². The lowest BCUT2D eigenvalue weighted by atomic mass is 10.1. The summed E-state index contributed by atoms with van der Waals surface area (Å²) in [6.07, 6.45) is 0.954. The fourth-order valence-corrected chi connectivity index (χ4v) is 0.996. The minimum Gasteiger partial charge on any atom is -0.351 e. The standard InChI is InChI=1S/C9H15N3O2/c1-6(2)4-5-10-9(13)8-7(3)11-14-12-8/h6H,4-5H2,1-3H3,(H,10,13). The van der Waals surface area contributed by atoms with Gasteiger partial charge in [-0.05, 0) is 24.4 Å². The summed E-state index contributed by atoms with van der Waals surface area (Å²) in [6.45, 7) is 6.56. The third kappa shape index (κ3) is 2.83. The fourth-order valence-electron chi connectivity index (χ4n) is 0.996. The van der Waals surface area contributed by atoms with Crippen molar-refractivity contribution in [3.63, 3.8) is 0 Å². The predicted molar refractivity (Wildman–Crippen MR) is 50.8 cm³/mol. The maximum atomic E-state index is 11.4. The van der Waals surface area contributed by atoms with E-state index < -0.39 is 0 Å². The zero-order valence-electron chi connectivity index (χ0n) is 8.70. The highest BCUT2D eigenvalue weighted by atomic mass is 16.6. The molecule has 0 atom stereocenters. The van der Waals surface area contributed by atoms with E-state index in [0.717, 1.165) is 6.42 Å². The van der Waals surface area contributed by atoms with Crippen LogP contribution in [-0.4, -0.2) is 22.8 Å². The number of nitrogens with zero attached hydrogens (tertiary/aromatic N) is 2. The first kappa shape index (κ1) is 10.7. The molecule has 1 rings (SSSR count). The van der Waals surface area contributed by atoms with E-state index in [2.05, 4.69) is 34.1 Å². The summed E-state index contributed by atoms with van der Waals surface area (Å²) in [5, 5.41) is 9.81. The lowest BCUT2D eigenvalue weighted by molar-refractivity contribution is 0.0941. The molecule has 0 unspecified atom stereocenters. The molecule has 1 N–H and O–H groups in total. The molecule has 0 saturated carbocycles. The maximum absolute atomic E-state index is 11.4. The number of carbonyl (C=O) groups excluding carboxylic acids is 1. The summed E-state index contributed by atoms with van der Waals surface area (Å²) in [5.74, 6) is 0.358. The lowest BCUT2D eigenvalue weighted by Crippen LogP contribution is -2.26. The van der Waals surface area contributed by atoms with Crippen LogP contribution in [0.3, 0.4) is 0 Å². The third-order valence-corrected chi connectivity index (χ3v) is 1.87. The second kappa shape index (κ2) is 4.74. The summed E-state index contributed by atoms with van der Waals surface area (Å²) in [5.41, 5.74) is 0.792. The molecular formula is C9H15N3O2. The molecule has 0 aliphatic carbocycles. The van der Waals surface area contributed by atoms with Crippen molar-refractivity contribution in [2.45, 2.75) is 27.2 Å². The van der Waals surface area contributed by atoms with Gasteiger partial charge in [0.2, 0.25) is 0 Å². The summed E-state index contributed by atoms with van der Waals surface area (Å²) >= 11 is 0. The van der Waals surface area contributed by atoms with Crippen LogP contribution in [0.5, 0.6) is 0 Å². The van der Waals surface area contributed by atoms with Gasteiger partial charge < -0.3 is 5.32 Å². The van der Waals surface area contributed by atoms with Crippen molar-refractivity contribution in [1.82, 2.24) is 15.6 Å². The molecule has 0 radical (unpaired) electrons. The molecule has 0 bridgehead atoms. The summed E-state index contributed by atoms with van der Waals surface area (Å²) in [4.78, 5) is 11.4. The van der Waals surface area contributed by atoms with Crippen molar-refractivity contribution in [3.8, 4) is 0 Å². The Hall–Kier alpha value is -1.39. The second-order valence-electron chi connectivity index (χ2n) is 3.64. The van der Waals surface area contributed by atoms with E-state index in [9.17, 15) is 4.79 Å². The molecule has 1 heterocycles. The average molecular weight is 197 g/mol. The van der Waals surface area contributed by atoms with E-state index in [4.69, 9.17) is 0 Å². The third-order valence-electron chi connectivity index (χ3n) is 1.87. The molecule has 0 fully saturated rings. The SMILES string of the molecule is Cc1nonc1C(=O)NCCC(C)C. The highest BCUT2D eigenvalue weighted by Gasteiger charge is 2.13. The largest absolute Gasteiger partial charge is 0.351 e. The molecule has 0 spiro atoms. The van der Waals surface area contributed by atoms with Crippen LogP contribution < -0.4 is 5.32 Å². The van der Waals surface area contributed by atoms with Crippen molar-refractivity contribution in [1.29, 1.82) is 0 Å². The first-order valence-electron chi connectivity index (χ1n) is 4.68. The van der Waals surface area contributed by atoms with Crippen LogP contribution in [0.25, 0.3) is 0 Å². The number of aromatic nitrogens is 2. The van der Waals surface area contributed by atoms with Crippen molar-refractivity contribution in [2.24, 2.45) is 5.92 Å². The zero-order chi connectivity index (χ0) is 10.6. The molecule has 78 valence electrons. The van der Waals surface area contributed by atoms with Gasteiger partial charge in [-0.3, -0.25) is 4.79 Å². The smallest absolute Gasteiger partial charge is 0.275 e. The van der Waals surface area contributed by atoms with Crippen molar-refractivity contribution in [3.05, 3.63) is 11.4 Å². The van der Waals surface area contributed by atoms with Gasteiger partial charge in [-0.1, -0.05) is 19.0 Å². The molecule has 5 heteroatoms. The Morgan fingerprint density at radius 2 is 2.21 bits per heavy atom. The van der Waals surface area contributed by atoms with E-state index in [1.165, 1.54) is 0 Å². The minimum absolute atomic E-state index is 0.218. The molecule has 1 aromatic rings. The van der Waals surface area contributed by atoms with Gasteiger partial charge in [-0.25, -0.2) is 4.63 Å². The molecule has 0 aliphatic rings. The Labute approximate surface area is 82.8 Å². The van der Waals surface area contributed by atoms with Gasteiger partial charge in [0.15, 0.2) is 5.69 Å². The molecule has 5 nitrogen and oxygen atoms in total. The summed E-state index contributed by atoms with van der Waals surface area (Å²) in [6, 6.07) is 0. The highest BCUT2D eigenvalue weighted by molar-refractivity contribution is 5.92. The van der Waals surface area contributed by atoms with Crippen molar-refractivity contribution >= 4 is 5.91 Å². The Bertz CT molecular complexity index is 307. The van der Waals surface area contributed by atoms with Gasteiger partial charge in [-0.15, -0.1) is 0 Å². The lowest BCUT2D eigenvalue weighted by Gasteiger charge is -2.04. The monoisotopic (exact) mass is 197 g/mol. The molecular weight excluding hydrogens is 182 g/mol. The van der Waals surface area contributed by atoms with Crippen molar-refractivity contribution < 1.29 is 9.42 Å². The maximum Gasteiger partial charge on any atom is 0.275 e. The highest BCUT2D eigenvalue weighted by Crippen LogP contribution is 2.01. The molecule has 0 aromatic carbocycles.